The minimum Gasteiger partial charge on any atom is -0.392 e. The number of benzene rings is 1. The Hall–Kier alpha value is -2.13. The second kappa shape index (κ2) is 4.03. The topological polar surface area (TPSA) is 48.9 Å². The molecule has 1 aromatic carbocycles. The molecule has 0 bridgehead atoms. The van der Waals surface area contributed by atoms with E-state index in [1.165, 1.54) is 0 Å². The molecule has 0 saturated heterocycles. The number of hydrogen-bond acceptors (Lipinski definition) is 2. The first-order chi connectivity index (χ1) is 8.38. The molecule has 0 aliphatic rings. The SMILES string of the molecule is OCc1cccc(-c2c[nH]c3ncccc23)c1. The average Bonchev–Trinajstić information content (AvgIpc) is 2.82. The highest BCUT2D eigenvalue weighted by atomic mass is 16.3. The summed E-state index contributed by atoms with van der Waals surface area (Å²) in [6, 6.07) is 11.9. The number of hydrogen-bond donors (Lipinski definition) is 2. The minimum absolute atomic E-state index is 0.0639. The van der Waals surface area contributed by atoms with Gasteiger partial charge in [-0.2, -0.15) is 0 Å². The van der Waals surface area contributed by atoms with E-state index >= 15 is 0 Å². The lowest BCUT2D eigenvalue weighted by molar-refractivity contribution is 0.282. The van der Waals surface area contributed by atoms with Crippen molar-refractivity contribution < 1.29 is 5.11 Å². The van der Waals surface area contributed by atoms with Crippen molar-refractivity contribution >= 4 is 11.0 Å². The van der Waals surface area contributed by atoms with Crippen LogP contribution in [0.5, 0.6) is 0 Å². The number of H-pyrrole nitrogens is 1. The van der Waals surface area contributed by atoms with Crippen molar-refractivity contribution in [2.75, 3.05) is 0 Å². The van der Waals surface area contributed by atoms with Gasteiger partial charge in [-0.3, -0.25) is 0 Å². The van der Waals surface area contributed by atoms with E-state index < -0.39 is 0 Å². The third kappa shape index (κ3) is 1.70. The van der Waals surface area contributed by atoms with Gasteiger partial charge in [-0.1, -0.05) is 18.2 Å². The molecule has 3 aromatic rings. The highest BCUT2D eigenvalue weighted by Crippen LogP contribution is 2.27. The monoisotopic (exact) mass is 224 g/mol. The van der Waals surface area contributed by atoms with Crippen LogP contribution in [-0.4, -0.2) is 15.1 Å². The molecular formula is C14H12N2O. The van der Waals surface area contributed by atoms with Gasteiger partial charge in [0.2, 0.25) is 0 Å². The Labute approximate surface area is 98.8 Å². The zero-order chi connectivity index (χ0) is 11.7. The van der Waals surface area contributed by atoms with Crippen LogP contribution in [0.25, 0.3) is 22.2 Å². The predicted octanol–water partition coefficient (Wildman–Crippen LogP) is 2.72. The third-order valence-electron chi connectivity index (χ3n) is 2.87. The molecule has 0 aliphatic heterocycles. The fourth-order valence-electron chi connectivity index (χ4n) is 2.03. The molecule has 0 radical (unpaired) electrons. The summed E-state index contributed by atoms with van der Waals surface area (Å²) in [5.74, 6) is 0. The molecule has 0 unspecified atom stereocenters. The first-order valence-electron chi connectivity index (χ1n) is 5.51. The van der Waals surface area contributed by atoms with Crippen LogP contribution in [0.3, 0.4) is 0 Å². The zero-order valence-corrected chi connectivity index (χ0v) is 9.22. The number of aromatic nitrogens is 2. The number of pyridine rings is 1. The summed E-state index contributed by atoms with van der Waals surface area (Å²) >= 11 is 0. The molecule has 0 fully saturated rings. The summed E-state index contributed by atoms with van der Waals surface area (Å²) in [6.45, 7) is 0.0639. The molecule has 3 nitrogen and oxygen atoms in total. The maximum Gasteiger partial charge on any atom is 0.137 e. The van der Waals surface area contributed by atoms with Gasteiger partial charge in [-0.15, -0.1) is 0 Å². The standard InChI is InChI=1S/C14H12N2O/c17-9-10-3-1-4-11(7-10)13-8-16-14-12(13)5-2-6-15-14/h1-8,17H,9H2,(H,15,16). The molecule has 3 heteroatoms. The van der Waals surface area contributed by atoms with Gasteiger partial charge < -0.3 is 10.1 Å². The molecule has 0 aliphatic carbocycles. The third-order valence-corrected chi connectivity index (χ3v) is 2.87. The van der Waals surface area contributed by atoms with Crippen molar-refractivity contribution in [3.8, 4) is 11.1 Å². The van der Waals surface area contributed by atoms with Crippen LogP contribution in [0.15, 0.2) is 48.8 Å². The van der Waals surface area contributed by atoms with E-state index in [-0.39, 0.29) is 6.61 Å². The molecule has 2 aromatic heterocycles. The summed E-state index contributed by atoms with van der Waals surface area (Å²) in [4.78, 5) is 7.42. The second-order valence-electron chi connectivity index (χ2n) is 3.96. The molecule has 0 spiro atoms. The maximum absolute atomic E-state index is 9.15. The Morgan fingerprint density at radius 1 is 1.18 bits per heavy atom. The van der Waals surface area contributed by atoms with Gasteiger partial charge >= 0.3 is 0 Å². The van der Waals surface area contributed by atoms with E-state index in [1.54, 1.807) is 6.20 Å². The van der Waals surface area contributed by atoms with E-state index in [0.29, 0.717) is 0 Å². The fourth-order valence-corrected chi connectivity index (χ4v) is 2.03. The van der Waals surface area contributed by atoms with Crippen molar-refractivity contribution in [1.82, 2.24) is 9.97 Å². The quantitative estimate of drug-likeness (QED) is 0.703. The van der Waals surface area contributed by atoms with Crippen molar-refractivity contribution in [2.24, 2.45) is 0 Å². The Morgan fingerprint density at radius 2 is 2.12 bits per heavy atom. The number of rotatable bonds is 2. The lowest BCUT2D eigenvalue weighted by atomic mass is 10.0. The van der Waals surface area contributed by atoms with Gasteiger partial charge in [0.05, 0.1) is 6.61 Å². The van der Waals surface area contributed by atoms with Gasteiger partial charge in [0.15, 0.2) is 0 Å². The van der Waals surface area contributed by atoms with Crippen LogP contribution in [0.4, 0.5) is 0 Å². The average molecular weight is 224 g/mol. The second-order valence-corrected chi connectivity index (χ2v) is 3.96. The zero-order valence-electron chi connectivity index (χ0n) is 9.22. The first kappa shape index (κ1) is 10.1. The molecule has 0 saturated carbocycles. The molecule has 2 heterocycles. The van der Waals surface area contributed by atoms with Gasteiger partial charge in [-0.25, -0.2) is 4.98 Å². The summed E-state index contributed by atoms with van der Waals surface area (Å²) in [7, 11) is 0. The van der Waals surface area contributed by atoms with E-state index in [0.717, 1.165) is 27.7 Å². The van der Waals surface area contributed by atoms with Crippen molar-refractivity contribution in [1.29, 1.82) is 0 Å². The number of nitrogens with one attached hydrogen (secondary N) is 1. The highest BCUT2D eigenvalue weighted by Gasteiger charge is 2.06. The lowest BCUT2D eigenvalue weighted by Crippen LogP contribution is -1.83. The molecule has 0 atom stereocenters. The van der Waals surface area contributed by atoms with E-state index in [1.807, 2.05) is 42.6 Å². The van der Waals surface area contributed by atoms with Crippen LogP contribution in [0.1, 0.15) is 5.56 Å². The number of aliphatic hydroxyl groups is 1. The first-order valence-corrected chi connectivity index (χ1v) is 5.51. The van der Waals surface area contributed by atoms with Crippen LogP contribution >= 0.6 is 0 Å². The number of nitrogens with zero attached hydrogens (tertiary/aromatic N) is 1. The van der Waals surface area contributed by atoms with Crippen LogP contribution in [0.2, 0.25) is 0 Å². The van der Waals surface area contributed by atoms with E-state index in [9.17, 15) is 0 Å². The Kier molecular flexibility index (Phi) is 2.38. The fraction of sp³-hybridized carbons (Fsp3) is 0.0714. The summed E-state index contributed by atoms with van der Waals surface area (Å²) < 4.78 is 0. The molecule has 17 heavy (non-hydrogen) atoms. The van der Waals surface area contributed by atoms with Crippen LogP contribution < -0.4 is 0 Å². The van der Waals surface area contributed by atoms with E-state index in [2.05, 4.69) is 9.97 Å². The molecule has 3 rings (SSSR count). The predicted molar refractivity (Wildman–Crippen MR) is 67.5 cm³/mol. The van der Waals surface area contributed by atoms with Gasteiger partial charge in [-0.05, 0) is 29.3 Å². The van der Waals surface area contributed by atoms with Crippen molar-refractivity contribution in [3.63, 3.8) is 0 Å². The van der Waals surface area contributed by atoms with Gasteiger partial charge in [0.1, 0.15) is 5.65 Å². The maximum atomic E-state index is 9.15. The summed E-state index contributed by atoms with van der Waals surface area (Å²) in [6.07, 6.45) is 3.72. The minimum atomic E-state index is 0.0639. The number of aliphatic hydroxyl groups excluding tert-OH is 1. The smallest absolute Gasteiger partial charge is 0.137 e. The molecule has 0 amide bonds. The van der Waals surface area contributed by atoms with Crippen LogP contribution in [-0.2, 0) is 6.61 Å². The summed E-state index contributed by atoms with van der Waals surface area (Å²) in [5, 5.41) is 10.3. The van der Waals surface area contributed by atoms with Crippen molar-refractivity contribution in [3.05, 3.63) is 54.4 Å². The van der Waals surface area contributed by atoms with Gasteiger partial charge in [0, 0.05) is 23.3 Å². The van der Waals surface area contributed by atoms with Crippen molar-refractivity contribution in [2.45, 2.75) is 6.61 Å². The van der Waals surface area contributed by atoms with Crippen LogP contribution in [0, 0.1) is 0 Å². The Balaban J connectivity index is 2.20. The summed E-state index contributed by atoms with van der Waals surface area (Å²) in [5.41, 5.74) is 4.01. The largest absolute Gasteiger partial charge is 0.392 e. The molecule has 84 valence electrons. The molecule has 2 N–H and O–H groups in total. The number of fused-ring (bicyclic) bond motifs is 1. The normalized spacial score (nSPS) is 10.9. The Morgan fingerprint density at radius 3 is 3.00 bits per heavy atom. The highest BCUT2D eigenvalue weighted by molar-refractivity contribution is 5.93. The Bertz CT molecular complexity index is 658. The van der Waals surface area contributed by atoms with E-state index in [4.69, 9.17) is 5.11 Å². The molecular weight excluding hydrogens is 212 g/mol. The number of aromatic amines is 1. The lowest BCUT2D eigenvalue weighted by Gasteiger charge is -2.02. The van der Waals surface area contributed by atoms with Gasteiger partial charge in [0.25, 0.3) is 0 Å².